The fraction of sp³-hybridized carbons (Fsp3) is 0.524. The normalized spacial score (nSPS) is 18.1. The van der Waals surface area contributed by atoms with Crippen LogP contribution in [-0.2, 0) is 17.9 Å². The van der Waals surface area contributed by atoms with Gasteiger partial charge in [-0.25, -0.2) is 4.98 Å². The van der Waals surface area contributed by atoms with Crippen molar-refractivity contribution in [2.75, 3.05) is 20.1 Å². The second-order valence-electron chi connectivity index (χ2n) is 7.70. The minimum Gasteiger partial charge on any atom is -0.340 e. The highest BCUT2D eigenvalue weighted by Crippen LogP contribution is 2.21. The Labute approximate surface area is 156 Å². The van der Waals surface area contributed by atoms with Crippen LogP contribution < -0.4 is 0 Å². The van der Waals surface area contributed by atoms with Gasteiger partial charge in [0.2, 0.25) is 5.91 Å². The summed E-state index contributed by atoms with van der Waals surface area (Å²) in [6.07, 6.45) is 5.60. The Morgan fingerprint density at radius 1 is 1.27 bits per heavy atom. The number of amides is 1. The molecular formula is C21H30N4O. The number of nitrogens with zero attached hydrogens (tertiary/aromatic N) is 4. The molecule has 0 bridgehead atoms. The predicted molar refractivity (Wildman–Crippen MR) is 104 cm³/mol. The first-order chi connectivity index (χ1) is 12.5. The molecule has 1 aliphatic rings. The molecule has 0 radical (unpaired) electrons. The van der Waals surface area contributed by atoms with E-state index < -0.39 is 0 Å². The van der Waals surface area contributed by atoms with E-state index in [1.165, 1.54) is 5.56 Å². The van der Waals surface area contributed by atoms with Crippen LogP contribution in [0.5, 0.6) is 0 Å². The van der Waals surface area contributed by atoms with Crippen molar-refractivity contribution in [2.24, 2.45) is 5.92 Å². The van der Waals surface area contributed by atoms with Crippen molar-refractivity contribution in [1.29, 1.82) is 0 Å². The first kappa shape index (κ1) is 18.6. The highest BCUT2D eigenvalue weighted by atomic mass is 16.2. The van der Waals surface area contributed by atoms with Crippen molar-refractivity contribution in [2.45, 2.75) is 45.8 Å². The molecule has 0 saturated carbocycles. The van der Waals surface area contributed by atoms with E-state index in [1.807, 2.05) is 17.2 Å². The van der Waals surface area contributed by atoms with E-state index in [4.69, 9.17) is 0 Å². The maximum atomic E-state index is 12.0. The largest absolute Gasteiger partial charge is 0.340 e. The Kier molecular flexibility index (Phi) is 6.09. The topological polar surface area (TPSA) is 41.4 Å². The van der Waals surface area contributed by atoms with Gasteiger partial charge >= 0.3 is 0 Å². The minimum atomic E-state index is 0.292. The van der Waals surface area contributed by atoms with E-state index in [0.29, 0.717) is 24.3 Å². The summed E-state index contributed by atoms with van der Waals surface area (Å²) in [5, 5.41) is 0. The Morgan fingerprint density at radius 3 is 2.77 bits per heavy atom. The third-order valence-corrected chi connectivity index (χ3v) is 5.14. The van der Waals surface area contributed by atoms with Gasteiger partial charge in [0, 0.05) is 44.5 Å². The molecule has 1 amide bonds. The number of carbonyl (C=O) groups excluding carboxylic acids is 1. The summed E-state index contributed by atoms with van der Waals surface area (Å²) in [4.78, 5) is 21.0. The van der Waals surface area contributed by atoms with E-state index >= 15 is 0 Å². The van der Waals surface area contributed by atoms with E-state index in [0.717, 1.165) is 38.4 Å². The van der Waals surface area contributed by atoms with Crippen LogP contribution in [0.15, 0.2) is 42.7 Å². The minimum absolute atomic E-state index is 0.292. The first-order valence-corrected chi connectivity index (χ1v) is 9.55. The molecule has 5 heteroatoms. The van der Waals surface area contributed by atoms with Gasteiger partial charge in [0.25, 0.3) is 0 Å². The Bertz CT molecular complexity index is 710. The predicted octanol–water partition coefficient (Wildman–Crippen LogP) is 3.01. The van der Waals surface area contributed by atoms with Gasteiger partial charge in [-0.2, -0.15) is 0 Å². The lowest BCUT2D eigenvalue weighted by atomic mass is 9.96. The molecule has 3 rings (SSSR count). The molecule has 5 nitrogen and oxygen atoms in total. The van der Waals surface area contributed by atoms with Crippen LogP contribution in [0.3, 0.4) is 0 Å². The molecule has 1 unspecified atom stereocenters. The van der Waals surface area contributed by atoms with Crippen LogP contribution in [-0.4, -0.2) is 51.4 Å². The lowest BCUT2D eigenvalue weighted by Gasteiger charge is -2.37. The number of hydrogen-bond acceptors (Lipinski definition) is 3. The van der Waals surface area contributed by atoms with Gasteiger partial charge < -0.3 is 9.47 Å². The van der Waals surface area contributed by atoms with E-state index in [2.05, 4.69) is 65.8 Å². The van der Waals surface area contributed by atoms with Crippen LogP contribution in [0.4, 0.5) is 0 Å². The molecule has 2 aromatic rings. The maximum absolute atomic E-state index is 12.0. The number of piperidine rings is 1. The van der Waals surface area contributed by atoms with Gasteiger partial charge in [-0.05, 0) is 38.8 Å². The monoisotopic (exact) mass is 354 g/mol. The molecule has 1 aromatic heterocycles. The fourth-order valence-electron chi connectivity index (χ4n) is 3.75. The highest BCUT2D eigenvalue weighted by Gasteiger charge is 2.28. The van der Waals surface area contributed by atoms with Crippen LogP contribution >= 0.6 is 0 Å². The lowest BCUT2D eigenvalue weighted by Crippen LogP contribution is -2.46. The van der Waals surface area contributed by atoms with Gasteiger partial charge in [0.15, 0.2) is 0 Å². The summed E-state index contributed by atoms with van der Waals surface area (Å²) in [6.45, 7) is 7.75. The SMILES string of the molecule is CC(C)N1CC(CN(C)Cc2nccn2Cc2ccccc2)CCC1=O. The summed E-state index contributed by atoms with van der Waals surface area (Å²) in [6, 6.07) is 10.8. The Hall–Kier alpha value is -2.14. The van der Waals surface area contributed by atoms with Crippen LogP contribution in [0.2, 0.25) is 0 Å². The zero-order valence-electron chi connectivity index (χ0n) is 16.1. The molecule has 1 atom stereocenters. The Morgan fingerprint density at radius 2 is 2.04 bits per heavy atom. The smallest absolute Gasteiger partial charge is 0.222 e. The number of benzene rings is 1. The molecular weight excluding hydrogens is 324 g/mol. The van der Waals surface area contributed by atoms with Crippen molar-refractivity contribution in [1.82, 2.24) is 19.4 Å². The standard InChI is InChI=1S/C21H30N4O/c1-17(2)25-15-19(9-10-21(25)26)13-23(3)16-20-22-11-12-24(20)14-18-7-5-4-6-8-18/h4-8,11-12,17,19H,9-10,13-16H2,1-3H3. The summed E-state index contributed by atoms with van der Waals surface area (Å²) in [5.41, 5.74) is 1.28. The average Bonchev–Trinajstić information content (AvgIpc) is 3.04. The van der Waals surface area contributed by atoms with Gasteiger partial charge in [-0.3, -0.25) is 9.69 Å². The van der Waals surface area contributed by atoms with Crippen LogP contribution in [0, 0.1) is 5.92 Å². The first-order valence-electron chi connectivity index (χ1n) is 9.55. The van der Waals surface area contributed by atoms with Gasteiger partial charge in [-0.15, -0.1) is 0 Å². The van der Waals surface area contributed by atoms with E-state index in [9.17, 15) is 4.79 Å². The van der Waals surface area contributed by atoms with E-state index in [1.54, 1.807) is 0 Å². The van der Waals surface area contributed by atoms with Crippen molar-refractivity contribution in [3.05, 3.63) is 54.1 Å². The number of aromatic nitrogens is 2. The van der Waals surface area contributed by atoms with E-state index in [-0.39, 0.29) is 0 Å². The third-order valence-electron chi connectivity index (χ3n) is 5.14. The second-order valence-corrected chi connectivity index (χ2v) is 7.70. The molecule has 1 saturated heterocycles. The van der Waals surface area contributed by atoms with Crippen molar-refractivity contribution in [3.63, 3.8) is 0 Å². The molecule has 1 fully saturated rings. The summed E-state index contributed by atoms with van der Waals surface area (Å²) >= 11 is 0. The molecule has 2 heterocycles. The molecule has 0 spiro atoms. The molecule has 1 aliphatic heterocycles. The average molecular weight is 354 g/mol. The fourth-order valence-corrected chi connectivity index (χ4v) is 3.75. The molecule has 0 aliphatic carbocycles. The lowest BCUT2D eigenvalue weighted by molar-refractivity contribution is -0.136. The maximum Gasteiger partial charge on any atom is 0.222 e. The van der Waals surface area contributed by atoms with Crippen molar-refractivity contribution in [3.8, 4) is 0 Å². The van der Waals surface area contributed by atoms with Gasteiger partial charge in [0.05, 0.1) is 6.54 Å². The zero-order valence-corrected chi connectivity index (χ0v) is 16.1. The summed E-state index contributed by atoms with van der Waals surface area (Å²) in [7, 11) is 2.15. The molecule has 1 aromatic carbocycles. The summed E-state index contributed by atoms with van der Waals surface area (Å²) < 4.78 is 2.22. The quantitative estimate of drug-likeness (QED) is 0.767. The second kappa shape index (κ2) is 8.49. The van der Waals surface area contributed by atoms with Crippen molar-refractivity contribution < 1.29 is 4.79 Å². The highest BCUT2D eigenvalue weighted by molar-refractivity contribution is 5.77. The van der Waals surface area contributed by atoms with Gasteiger partial charge in [0.1, 0.15) is 5.82 Å². The Balaban J connectivity index is 1.56. The number of carbonyl (C=O) groups is 1. The number of imidazole rings is 1. The third kappa shape index (κ3) is 4.73. The zero-order chi connectivity index (χ0) is 18.5. The molecule has 26 heavy (non-hydrogen) atoms. The number of hydrogen-bond donors (Lipinski definition) is 0. The summed E-state index contributed by atoms with van der Waals surface area (Å²) in [5.74, 6) is 1.93. The van der Waals surface area contributed by atoms with Gasteiger partial charge in [-0.1, -0.05) is 30.3 Å². The molecule has 0 N–H and O–H groups in total. The number of likely N-dealkylation sites (tertiary alicyclic amines) is 1. The molecule has 140 valence electrons. The van der Waals surface area contributed by atoms with Crippen LogP contribution in [0.1, 0.15) is 38.1 Å². The van der Waals surface area contributed by atoms with Crippen LogP contribution in [0.25, 0.3) is 0 Å². The van der Waals surface area contributed by atoms with Crippen molar-refractivity contribution >= 4 is 5.91 Å². The number of rotatable bonds is 7.